The van der Waals surface area contributed by atoms with Gasteiger partial charge in [-0.1, -0.05) is 0 Å². The van der Waals surface area contributed by atoms with Crippen LogP contribution in [0.1, 0.15) is 43.2 Å². The largest absolute Gasteiger partial charge is 0.453 e. The van der Waals surface area contributed by atoms with E-state index >= 15 is 0 Å². The maximum Gasteiger partial charge on any atom is 0.409 e. The summed E-state index contributed by atoms with van der Waals surface area (Å²) >= 11 is 1.52. The Balaban J connectivity index is 1.73. The monoisotopic (exact) mass is 366 g/mol. The Morgan fingerprint density at radius 1 is 1.40 bits per heavy atom. The molecule has 2 unspecified atom stereocenters. The van der Waals surface area contributed by atoms with Crippen LogP contribution in [-0.2, 0) is 22.4 Å². The minimum absolute atomic E-state index is 0.0260. The molecule has 2 heterocycles. The lowest BCUT2D eigenvalue weighted by molar-refractivity contribution is -0.132. The second-order valence-corrected chi connectivity index (χ2v) is 7.92. The first-order valence-corrected chi connectivity index (χ1v) is 9.67. The summed E-state index contributed by atoms with van der Waals surface area (Å²) in [6, 6.07) is 0.171. The van der Waals surface area contributed by atoms with E-state index < -0.39 is 0 Å². The summed E-state index contributed by atoms with van der Waals surface area (Å²) in [4.78, 5) is 33.7. The Morgan fingerprint density at radius 2 is 2.20 bits per heavy atom. The maximum absolute atomic E-state index is 12.3. The quantitative estimate of drug-likeness (QED) is 0.884. The van der Waals surface area contributed by atoms with Crippen molar-refractivity contribution >= 4 is 28.5 Å². The zero-order valence-corrected chi connectivity index (χ0v) is 15.7. The number of carbonyl (C=O) groups excluding carboxylic acids is 2. The number of amides is 2. The SMILES string of the molecule is COC(=O)N1CCCCC1CN(C(C)=O)C1CCc2nc(N)sc2C1. The molecule has 7 nitrogen and oxygen atoms in total. The van der Waals surface area contributed by atoms with Crippen LogP contribution in [0.15, 0.2) is 0 Å². The van der Waals surface area contributed by atoms with Crippen LogP contribution in [0.25, 0.3) is 0 Å². The van der Waals surface area contributed by atoms with Crippen LogP contribution in [-0.4, -0.2) is 59.1 Å². The summed E-state index contributed by atoms with van der Waals surface area (Å²) in [7, 11) is 1.41. The van der Waals surface area contributed by atoms with Crippen molar-refractivity contribution in [2.75, 3.05) is 25.9 Å². The van der Waals surface area contributed by atoms with Crippen molar-refractivity contribution in [3.8, 4) is 0 Å². The molecule has 1 saturated heterocycles. The number of nitrogens with two attached hydrogens (primary N) is 1. The fourth-order valence-corrected chi connectivity index (χ4v) is 4.90. The molecule has 2 aliphatic rings. The number of aryl methyl sites for hydroxylation is 1. The first kappa shape index (κ1) is 18.0. The molecule has 0 saturated carbocycles. The van der Waals surface area contributed by atoms with Crippen molar-refractivity contribution in [1.82, 2.24) is 14.8 Å². The highest BCUT2D eigenvalue weighted by Gasteiger charge is 2.34. The lowest BCUT2D eigenvalue weighted by atomic mass is 9.94. The molecule has 3 rings (SSSR count). The molecule has 1 fully saturated rings. The van der Waals surface area contributed by atoms with Gasteiger partial charge < -0.3 is 20.3 Å². The van der Waals surface area contributed by atoms with E-state index in [0.717, 1.165) is 44.2 Å². The predicted octanol–water partition coefficient (Wildman–Crippen LogP) is 2.05. The van der Waals surface area contributed by atoms with Gasteiger partial charge in [0, 0.05) is 37.4 Å². The van der Waals surface area contributed by atoms with E-state index in [-0.39, 0.29) is 24.1 Å². The van der Waals surface area contributed by atoms with Crippen molar-refractivity contribution < 1.29 is 14.3 Å². The Hall–Kier alpha value is -1.83. The van der Waals surface area contributed by atoms with Crippen molar-refractivity contribution in [3.63, 3.8) is 0 Å². The van der Waals surface area contributed by atoms with Crippen LogP contribution < -0.4 is 5.73 Å². The average molecular weight is 366 g/mol. The maximum atomic E-state index is 12.3. The number of ether oxygens (including phenoxy) is 1. The molecule has 2 amide bonds. The molecular weight excluding hydrogens is 340 g/mol. The fourth-order valence-electron chi connectivity index (χ4n) is 3.95. The summed E-state index contributed by atoms with van der Waals surface area (Å²) in [6.07, 6.45) is 5.21. The van der Waals surface area contributed by atoms with Crippen LogP contribution in [0, 0.1) is 0 Å². The number of nitrogens with zero attached hydrogens (tertiary/aromatic N) is 3. The zero-order chi connectivity index (χ0) is 18.0. The number of fused-ring (bicyclic) bond motifs is 1. The van der Waals surface area contributed by atoms with Crippen LogP contribution >= 0.6 is 11.3 Å². The van der Waals surface area contributed by atoms with E-state index in [0.29, 0.717) is 18.2 Å². The van der Waals surface area contributed by atoms with Gasteiger partial charge in [-0.15, -0.1) is 11.3 Å². The van der Waals surface area contributed by atoms with Crippen molar-refractivity contribution in [3.05, 3.63) is 10.6 Å². The number of nitrogen functional groups attached to an aromatic ring is 1. The van der Waals surface area contributed by atoms with E-state index in [1.807, 2.05) is 4.90 Å². The predicted molar refractivity (Wildman–Crippen MR) is 96.5 cm³/mol. The van der Waals surface area contributed by atoms with E-state index in [1.54, 1.807) is 11.8 Å². The topological polar surface area (TPSA) is 88.8 Å². The van der Waals surface area contributed by atoms with Gasteiger partial charge in [-0.3, -0.25) is 4.79 Å². The standard InChI is InChI=1S/C17H26N4O3S/c1-11(22)21(10-13-5-3-4-8-20(13)17(23)24-2)12-6-7-14-15(9-12)25-16(18)19-14/h12-13H,3-10H2,1-2H3,(H2,18,19). The second kappa shape index (κ2) is 7.59. The highest BCUT2D eigenvalue weighted by atomic mass is 32.1. The molecule has 1 aromatic heterocycles. The first-order valence-electron chi connectivity index (χ1n) is 8.85. The summed E-state index contributed by atoms with van der Waals surface area (Å²) in [6.45, 7) is 2.88. The van der Waals surface area contributed by atoms with E-state index in [1.165, 1.54) is 23.3 Å². The minimum Gasteiger partial charge on any atom is -0.453 e. The number of hydrogen-bond donors (Lipinski definition) is 1. The Labute approximate surface area is 152 Å². The number of carbonyl (C=O) groups is 2. The lowest BCUT2D eigenvalue weighted by Gasteiger charge is -2.41. The number of rotatable bonds is 3. The molecule has 138 valence electrons. The number of methoxy groups -OCH3 is 1. The van der Waals surface area contributed by atoms with Crippen LogP contribution in [0.2, 0.25) is 0 Å². The molecule has 0 spiro atoms. The highest BCUT2D eigenvalue weighted by molar-refractivity contribution is 7.15. The molecular formula is C17H26N4O3S. The highest BCUT2D eigenvalue weighted by Crippen LogP contribution is 2.31. The lowest BCUT2D eigenvalue weighted by Crippen LogP contribution is -2.53. The first-order chi connectivity index (χ1) is 12.0. The normalized spacial score (nSPS) is 23.0. The van der Waals surface area contributed by atoms with Gasteiger partial charge in [-0.2, -0.15) is 0 Å². The average Bonchev–Trinajstić information content (AvgIpc) is 2.98. The van der Waals surface area contributed by atoms with Gasteiger partial charge >= 0.3 is 6.09 Å². The van der Waals surface area contributed by atoms with Crippen molar-refractivity contribution in [2.24, 2.45) is 0 Å². The van der Waals surface area contributed by atoms with Gasteiger partial charge in [0.2, 0.25) is 5.91 Å². The molecule has 8 heteroatoms. The van der Waals surface area contributed by atoms with E-state index in [9.17, 15) is 9.59 Å². The number of likely N-dealkylation sites (tertiary alicyclic amines) is 1. The summed E-state index contributed by atoms with van der Waals surface area (Å²) in [5.74, 6) is 0.0568. The minimum atomic E-state index is -0.297. The molecule has 1 aliphatic heterocycles. The van der Waals surface area contributed by atoms with E-state index in [2.05, 4.69) is 4.98 Å². The van der Waals surface area contributed by atoms with Gasteiger partial charge in [0.25, 0.3) is 0 Å². The van der Waals surface area contributed by atoms with E-state index in [4.69, 9.17) is 10.5 Å². The number of aromatic nitrogens is 1. The Kier molecular flexibility index (Phi) is 5.46. The molecule has 1 aromatic rings. The van der Waals surface area contributed by atoms with Gasteiger partial charge in [-0.05, 0) is 32.1 Å². The van der Waals surface area contributed by atoms with Crippen LogP contribution in [0.3, 0.4) is 0 Å². The smallest absolute Gasteiger partial charge is 0.409 e. The number of anilines is 1. The second-order valence-electron chi connectivity index (χ2n) is 6.80. The third-order valence-electron chi connectivity index (χ3n) is 5.22. The molecule has 0 aromatic carbocycles. The number of piperidine rings is 1. The zero-order valence-electron chi connectivity index (χ0n) is 14.9. The van der Waals surface area contributed by atoms with Crippen molar-refractivity contribution in [2.45, 2.75) is 57.5 Å². The third kappa shape index (κ3) is 3.89. The van der Waals surface area contributed by atoms with Gasteiger partial charge in [-0.25, -0.2) is 9.78 Å². The molecule has 25 heavy (non-hydrogen) atoms. The summed E-state index contributed by atoms with van der Waals surface area (Å²) < 4.78 is 4.92. The molecule has 0 bridgehead atoms. The van der Waals surface area contributed by atoms with Crippen molar-refractivity contribution in [1.29, 1.82) is 0 Å². The molecule has 2 atom stereocenters. The number of hydrogen-bond acceptors (Lipinski definition) is 6. The van der Waals surface area contributed by atoms with Crippen LogP contribution in [0.4, 0.5) is 9.93 Å². The van der Waals surface area contributed by atoms with Crippen LogP contribution in [0.5, 0.6) is 0 Å². The fraction of sp³-hybridized carbons (Fsp3) is 0.706. The van der Waals surface area contributed by atoms with Gasteiger partial charge in [0.05, 0.1) is 18.8 Å². The third-order valence-corrected chi connectivity index (χ3v) is 6.17. The summed E-state index contributed by atoms with van der Waals surface area (Å²) in [5, 5.41) is 0.601. The Bertz CT molecular complexity index is 648. The molecule has 0 radical (unpaired) electrons. The Morgan fingerprint density at radius 3 is 2.92 bits per heavy atom. The molecule has 1 aliphatic carbocycles. The number of thiazole rings is 1. The molecule has 2 N–H and O–H groups in total. The van der Waals surface area contributed by atoms with Gasteiger partial charge in [0.15, 0.2) is 5.13 Å². The summed E-state index contributed by atoms with van der Waals surface area (Å²) in [5.41, 5.74) is 6.90. The van der Waals surface area contributed by atoms with Gasteiger partial charge in [0.1, 0.15) is 0 Å².